The second-order valence-electron chi connectivity index (χ2n) is 5.86. The number of aromatic nitrogens is 1. The summed E-state index contributed by atoms with van der Waals surface area (Å²) >= 11 is 1.47. The molecule has 0 N–H and O–H groups in total. The van der Waals surface area contributed by atoms with Crippen LogP contribution in [-0.2, 0) is 20.9 Å². The summed E-state index contributed by atoms with van der Waals surface area (Å²) in [5.74, 6) is -0.475. The molecule has 2 aromatic heterocycles. The summed E-state index contributed by atoms with van der Waals surface area (Å²) < 4.78 is 5.39. The predicted octanol–water partition coefficient (Wildman–Crippen LogP) is 1.76. The summed E-state index contributed by atoms with van der Waals surface area (Å²) in [6.45, 7) is 2.58. The quantitative estimate of drug-likeness (QED) is 0.782. The molecule has 2 aromatic rings. The highest BCUT2D eigenvalue weighted by Crippen LogP contribution is 2.34. The lowest BCUT2D eigenvalue weighted by Crippen LogP contribution is -2.40. The zero-order valence-corrected chi connectivity index (χ0v) is 14.4. The van der Waals surface area contributed by atoms with Gasteiger partial charge in [-0.15, -0.1) is 11.3 Å². The zero-order valence-electron chi connectivity index (χ0n) is 13.6. The van der Waals surface area contributed by atoms with Gasteiger partial charge in [0.15, 0.2) is 0 Å². The van der Waals surface area contributed by atoms with E-state index in [4.69, 9.17) is 4.74 Å². The number of ether oxygens (including phenoxy) is 1. The molecule has 4 heterocycles. The Kier molecular flexibility index (Phi) is 4.33. The molecule has 0 unspecified atom stereocenters. The van der Waals surface area contributed by atoms with Gasteiger partial charge in [-0.25, -0.2) is 0 Å². The molecule has 0 spiro atoms. The molecule has 4 rings (SSSR count). The Labute approximate surface area is 149 Å². The van der Waals surface area contributed by atoms with Crippen LogP contribution >= 0.6 is 11.3 Å². The normalized spacial score (nSPS) is 18.4. The van der Waals surface area contributed by atoms with Crippen molar-refractivity contribution in [1.82, 2.24) is 14.8 Å². The van der Waals surface area contributed by atoms with Gasteiger partial charge in [0.2, 0.25) is 0 Å². The van der Waals surface area contributed by atoms with E-state index in [1.165, 1.54) is 16.2 Å². The Morgan fingerprint density at radius 1 is 1.12 bits per heavy atom. The number of thiophene rings is 1. The molecule has 1 fully saturated rings. The molecule has 0 atom stereocenters. The number of amides is 2. The Morgan fingerprint density at radius 2 is 1.96 bits per heavy atom. The lowest BCUT2D eigenvalue weighted by molar-refractivity contribution is -0.138. The highest BCUT2D eigenvalue weighted by atomic mass is 32.1. The molecule has 128 valence electrons. The number of hydrogen-bond acceptors (Lipinski definition) is 6. The van der Waals surface area contributed by atoms with Gasteiger partial charge in [-0.3, -0.25) is 19.5 Å². The maximum absolute atomic E-state index is 13.1. The Bertz CT molecular complexity index is 811. The first-order valence-electron chi connectivity index (χ1n) is 8.11. The van der Waals surface area contributed by atoms with Gasteiger partial charge in [0.1, 0.15) is 5.70 Å². The van der Waals surface area contributed by atoms with Gasteiger partial charge in [0.05, 0.1) is 25.3 Å². The van der Waals surface area contributed by atoms with Crippen molar-refractivity contribution in [3.05, 3.63) is 58.2 Å². The molecule has 2 aliphatic rings. The SMILES string of the molecule is O=C1C(c2cccs2)=C(N2CCOCC2)C(=O)N1Cc1cccnc1. The number of hydrogen-bond donors (Lipinski definition) is 0. The maximum Gasteiger partial charge on any atom is 0.278 e. The van der Waals surface area contributed by atoms with E-state index in [-0.39, 0.29) is 18.4 Å². The van der Waals surface area contributed by atoms with E-state index in [0.29, 0.717) is 37.6 Å². The fourth-order valence-corrected chi connectivity index (χ4v) is 3.87. The predicted molar refractivity (Wildman–Crippen MR) is 93.4 cm³/mol. The van der Waals surface area contributed by atoms with Crippen LogP contribution in [0, 0.1) is 0 Å². The van der Waals surface area contributed by atoms with Crippen molar-refractivity contribution in [1.29, 1.82) is 0 Å². The lowest BCUT2D eigenvalue weighted by Gasteiger charge is -2.29. The van der Waals surface area contributed by atoms with Gasteiger partial charge < -0.3 is 9.64 Å². The number of imide groups is 1. The minimum atomic E-state index is -0.238. The molecule has 6 nitrogen and oxygen atoms in total. The number of carbonyl (C=O) groups is 2. The van der Waals surface area contributed by atoms with Crippen LogP contribution in [-0.4, -0.2) is 52.9 Å². The summed E-state index contributed by atoms with van der Waals surface area (Å²) in [5, 5.41) is 1.92. The number of pyridine rings is 1. The lowest BCUT2D eigenvalue weighted by atomic mass is 10.1. The summed E-state index contributed by atoms with van der Waals surface area (Å²) in [7, 11) is 0. The summed E-state index contributed by atoms with van der Waals surface area (Å²) in [6.07, 6.45) is 3.35. The topological polar surface area (TPSA) is 62.7 Å². The molecule has 0 aromatic carbocycles. The summed E-state index contributed by atoms with van der Waals surface area (Å²) in [5.41, 5.74) is 1.84. The van der Waals surface area contributed by atoms with Crippen molar-refractivity contribution < 1.29 is 14.3 Å². The largest absolute Gasteiger partial charge is 0.378 e. The molecule has 0 aliphatic carbocycles. The number of rotatable bonds is 4. The van der Waals surface area contributed by atoms with E-state index in [1.807, 2.05) is 28.5 Å². The molecule has 7 heteroatoms. The van der Waals surface area contributed by atoms with Crippen LogP contribution in [0.25, 0.3) is 5.57 Å². The third-order valence-corrected chi connectivity index (χ3v) is 5.19. The van der Waals surface area contributed by atoms with E-state index in [2.05, 4.69) is 4.98 Å². The van der Waals surface area contributed by atoms with E-state index in [0.717, 1.165) is 10.4 Å². The van der Waals surface area contributed by atoms with Crippen molar-refractivity contribution >= 4 is 28.7 Å². The van der Waals surface area contributed by atoms with Crippen LogP contribution in [0.3, 0.4) is 0 Å². The second kappa shape index (κ2) is 6.78. The molecule has 2 aliphatic heterocycles. The standard InChI is InChI=1S/C18H17N3O3S/c22-17-15(14-4-2-10-25-14)16(20-6-8-24-9-7-20)18(23)21(17)12-13-3-1-5-19-11-13/h1-5,10-11H,6-9,12H2. The molecule has 2 amide bonds. The van der Waals surface area contributed by atoms with Gasteiger partial charge in [0.25, 0.3) is 11.8 Å². The monoisotopic (exact) mass is 355 g/mol. The van der Waals surface area contributed by atoms with Gasteiger partial charge >= 0.3 is 0 Å². The number of nitrogens with zero attached hydrogens (tertiary/aromatic N) is 3. The minimum absolute atomic E-state index is 0.230. The first-order valence-corrected chi connectivity index (χ1v) is 8.99. The molecular formula is C18H17N3O3S. The van der Waals surface area contributed by atoms with Crippen LogP contribution in [0.5, 0.6) is 0 Å². The molecule has 0 saturated carbocycles. The molecule has 0 bridgehead atoms. The molecule has 25 heavy (non-hydrogen) atoms. The number of carbonyl (C=O) groups excluding carboxylic acids is 2. The van der Waals surface area contributed by atoms with Crippen LogP contribution in [0.4, 0.5) is 0 Å². The van der Waals surface area contributed by atoms with Crippen molar-refractivity contribution in [3.8, 4) is 0 Å². The average Bonchev–Trinajstić information content (AvgIpc) is 3.26. The van der Waals surface area contributed by atoms with Crippen LogP contribution < -0.4 is 0 Å². The molecule has 1 saturated heterocycles. The third kappa shape index (κ3) is 2.96. The highest BCUT2D eigenvalue weighted by Gasteiger charge is 2.42. The van der Waals surface area contributed by atoms with E-state index < -0.39 is 0 Å². The maximum atomic E-state index is 13.1. The zero-order chi connectivity index (χ0) is 17.2. The van der Waals surface area contributed by atoms with Crippen molar-refractivity contribution in [2.75, 3.05) is 26.3 Å². The van der Waals surface area contributed by atoms with Gasteiger partial charge in [-0.05, 0) is 23.1 Å². The minimum Gasteiger partial charge on any atom is -0.378 e. The van der Waals surface area contributed by atoms with Crippen LogP contribution in [0.2, 0.25) is 0 Å². The van der Waals surface area contributed by atoms with Gasteiger partial charge in [-0.2, -0.15) is 0 Å². The summed E-state index contributed by atoms with van der Waals surface area (Å²) in [6, 6.07) is 7.45. The van der Waals surface area contributed by atoms with Gasteiger partial charge in [0, 0.05) is 30.4 Å². The second-order valence-corrected chi connectivity index (χ2v) is 6.81. The smallest absolute Gasteiger partial charge is 0.278 e. The molecule has 0 radical (unpaired) electrons. The average molecular weight is 355 g/mol. The highest BCUT2D eigenvalue weighted by molar-refractivity contribution is 7.11. The molecular weight excluding hydrogens is 338 g/mol. The first-order chi connectivity index (χ1) is 12.3. The van der Waals surface area contributed by atoms with E-state index in [9.17, 15) is 9.59 Å². The van der Waals surface area contributed by atoms with E-state index >= 15 is 0 Å². The summed E-state index contributed by atoms with van der Waals surface area (Å²) in [4.78, 5) is 34.3. The third-order valence-electron chi connectivity index (χ3n) is 4.30. The van der Waals surface area contributed by atoms with Crippen LogP contribution in [0.1, 0.15) is 10.4 Å². The fraction of sp³-hybridized carbons (Fsp3) is 0.278. The Balaban J connectivity index is 1.71. The van der Waals surface area contributed by atoms with Crippen molar-refractivity contribution in [3.63, 3.8) is 0 Å². The first kappa shape index (κ1) is 16.0. The van der Waals surface area contributed by atoms with Gasteiger partial charge in [-0.1, -0.05) is 12.1 Å². The van der Waals surface area contributed by atoms with Crippen LogP contribution in [0.15, 0.2) is 47.7 Å². The Morgan fingerprint density at radius 3 is 2.64 bits per heavy atom. The van der Waals surface area contributed by atoms with Crippen molar-refractivity contribution in [2.24, 2.45) is 0 Å². The Hall–Kier alpha value is -2.51. The van der Waals surface area contributed by atoms with Crippen molar-refractivity contribution in [2.45, 2.75) is 6.54 Å². The number of morpholine rings is 1. The van der Waals surface area contributed by atoms with E-state index in [1.54, 1.807) is 18.5 Å². The fourth-order valence-electron chi connectivity index (χ4n) is 3.10.